The monoisotopic (exact) mass is 288 g/mol. The topological polar surface area (TPSA) is 76.9 Å². The van der Waals surface area contributed by atoms with E-state index in [1.807, 2.05) is 19.9 Å². The van der Waals surface area contributed by atoms with Crippen molar-refractivity contribution in [3.05, 3.63) is 46.4 Å². The maximum absolute atomic E-state index is 5.20. The van der Waals surface area contributed by atoms with Gasteiger partial charge in [-0.25, -0.2) is 9.78 Å². The molecular formula is C12H12N6OS. The van der Waals surface area contributed by atoms with Gasteiger partial charge in [-0.3, -0.25) is 0 Å². The van der Waals surface area contributed by atoms with Gasteiger partial charge >= 0.3 is 0 Å². The molecule has 0 spiro atoms. The number of hydrogen-bond acceptors (Lipinski definition) is 5. The van der Waals surface area contributed by atoms with Gasteiger partial charge in [0.05, 0.1) is 18.2 Å². The minimum Gasteiger partial charge on any atom is -0.463 e. The summed E-state index contributed by atoms with van der Waals surface area (Å²) in [6.07, 6.45) is 3.15. The first-order valence-corrected chi connectivity index (χ1v) is 6.35. The number of hydrogen-bond donors (Lipinski definition) is 1. The summed E-state index contributed by atoms with van der Waals surface area (Å²) in [5.41, 5.74) is 1.85. The van der Waals surface area contributed by atoms with Gasteiger partial charge in [-0.1, -0.05) is 0 Å². The van der Waals surface area contributed by atoms with E-state index in [-0.39, 0.29) is 0 Å². The van der Waals surface area contributed by atoms with Crippen molar-refractivity contribution in [2.45, 2.75) is 13.8 Å². The van der Waals surface area contributed by atoms with Gasteiger partial charge < -0.3 is 4.42 Å². The Labute approximate surface area is 119 Å². The lowest BCUT2D eigenvalue weighted by Gasteiger charge is -2.01. The van der Waals surface area contributed by atoms with Gasteiger partial charge in [0.15, 0.2) is 0 Å². The summed E-state index contributed by atoms with van der Waals surface area (Å²) in [6.45, 7) is 3.86. The van der Waals surface area contributed by atoms with E-state index >= 15 is 0 Å². The number of aryl methyl sites for hydroxylation is 2. The Bertz CT molecular complexity index is 807. The van der Waals surface area contributed by atoms with Crippen LogP contribution in [0.1, 0.15) is 17.1 Å². The van der Waals surface area contributed by atoms with Crippen LogP contribution in [0.25, 0.3) is 5.95 Å². The molecular weight excluding hydrogens is 276 g/mol. The molecule has 1 N–H and O–H groups in total. The maximum atomic E-state index is 5.20. The molecule has 102 valence electrons. The lowest BCUT2D eigenvalue weighted by atomic mass is 10.4. The van der Waals surface area contributed by atoms with Gasteiger partial charge in [0.25, 0.3) is 5.95 Å². The van der Waals surface area contributed by atoms with E-state index in [1.54, 1.807) is 29.3 Å². The molecule has 0 aromatic carbocycles. The lowest BCUT2D eigenvalue weighted by Crippen LogP contribution is -2.07. The summed E-state index contributed by atoms with van der Waals surface area (Å²) in [5, 5.41) is 15.5. The second kappa shape index (κ2) is 4.89. The molecule has 0 fully saturated rings. The fourth-order valence-corrected chi connectivity index (χ4v) is 2.01. The third-order valence-electron chi connectivity index (χ3n) is 2.68. The van der Waals surface area contributed by atoms with Crippen LogP contribution >= 0.6 is 12.2 Å². The van der Waals surface area contributed by atoms with Gasteiger partial charge in [-0.2, -0.15) is 14.9 Å². The molecule has 0 saturated carbocycles. The summed E-state index contributed by atoms with van der Waals surface area (Å²) in [5.74, 6) is 1.14. The molecule has 7 nitrogen and oxygen atoms in total. The Kier molecular flexibility index (Phi) is 3.07. The van der Waals surface area contributed by atoms with Crippen molar-refractivity contribution in [3.63, 3.8) is 0 Å². The molecule has 0 saturated heterocycles. The highest BCUT2D eigenvalue weighted by molar-refractivity contribution is 7.71. The van der Waals surface area contributed by atoms with Crippen molar-refractivity contribution >= 4 is 18.4 Å². The highest BCUT2D eigenvalue weighted by Crippen LogP contribution is 2.10. The Morgan fingerprint density at radius 3 is 2.95 bits per heavy atom. The van der Waals surface area contributed by atoms with Crippen LogP contribution < -0.4 is 0 Å². The van der Waals surface area contributed by atoms with E-state index in [2.05, 4.69) is 20.4 Å². The molecule has 20 heavy (non-hydrogen) atoms. The average Bonchev–Trinajstić information content (AvgIpc) is 3.09. The van der Waals surface area contributed by atoms with Crippen molar-refractivity contribution in [1.29, 1.82) is 0 Å². The van der Waals surface area contributed by atoms with Crippen LogP contribution in [-0.4, -0.2) is 30.9 Å². The largest absolute Gasteiger partial charge is 0.463 e. The van der Waals surface area contributed by atoms with Crippen molar-refractivity contribution in [1.82, 2.24) is 24.7 Å². The molecule has 0 aliphatic carbocycles. The Balaban J connectivity index is 2.06. The second-order valence-corrected chi connectivity index (χ2v) is 4.63. The Morgan fingerprint density at radius 2 is 2.30 bits per heavy atom. The fraction of sp³-hybridized carbons (Fsp3) is 0.167. The number of nitrogens with one attached hydrogen (secondary N) is 1. The van der Waals surface area contributed by atoms with Crippen LogP contribution in [-0.2, 0) is 0 Å². The normalized spacial score (nSPS) is 11.5. The summed E-state index contributed by atoms with van der Waals surface area (Å²) in [7, 11) is 0. The van der Waals surface area contributed by atoms with Crippen LogP contribution in [0.3, 0.4) is 0 Å². The number of aromatic nitrogens is 5. The zero-order valence-electron chi connectivity index (χ0n) is 10.9. The SMILES string of the molecule is Cc1cc(C)n(-c2n[nH]c(=S)n2/N=C\c2ccco2)n1. The summed E-state index contributed by atoms with van der Waals surface area (Å²) >= 11 is 5.18. The smallest absolute Gasteiger partial charge is 0.271 e. The zero-order valence-corrected chi connectivity index (χ0v) is 11.8. The summed E-state index contributed by atoms with van der Waals surface area (Å²) in [6, 6.07) is 5.55. The van der Waals surface area contributed by atoms with Gasteiger partial charge in [0.1, 0.15) is 5.76 Å². The zero-order chi connectivity index (χ0) is 14.1. The van der Waals surface area contributed by atoms with E-state index < -0.39 is 0 Å². The van der Waals surface area contributed by atoms with Crippen molar-refractivity contribution in [2.75, 3.05) is 0 Å². The predicted molar refractivity (Wildman–Crippen MR) is 75.7 cm³/mol. The molecule has 0 atom stereocenters. The lowest BCUT2D eigenvalue weighted by molar-refractivity contribution is 0.559. The van der Waals surface area contributed by atoms with Crippen molar-refractivity contribution in [2.24, 2.45) is 5.10 Å². The first kappa shape index (κ1) is 12.5. The molecule has 0 amide bonds. The molecule has 0 aliphatic rings. The molecule has 3 aromatic heterocycles. The van der Waals surface area contributed by atoms with Crippen molar-refractivity contribution < 1.29 is 4.42 Å². The van der Waals surface area contributed by atoms with E-state index in [0.717, 1.165) is 11.4 Å². The maximum Gasteiger partial charge on any atom is 0.271 e. The Hall–Kier alpha value is -2.48. The molecule has 0 aliphatic heterocycles. The van der Waals surface area contributed by atoms with Crippen LogP contribution in [0, 0.1) is 18.6 Å². The molecule has 3 heterocycles. The first-order valence-electron chi connectivity index (χ1n) is 5.94. The number of furan rings is 1. The number of H-pyrrole nitrogens is 1. The van der Waals surface area contributed by atoms with Gasteiger partial charge in [0, 0.05) is 5.69 Å². The minimum atomic E-state index is 0.385. The third kappa shape index (κ3) is 2.21. The summed E-state index contributed by atoms with van der Waals surface area (Å²) in [4.78, 5) is 0. The van der Waals surface area contributed by atoms with E-state index in [9.17, 15) is 0 Å². The minimum absolute atomic E-state index is 0.385. The molecule has 0 radical (unpaired) electrons. The van der Waals surface area contributed by atoms with Crippen molar-refractivity contribution in [3.8, 4) is 5.95 Å². The first-order chi connectivity index (χ1) is 9.65. The van der Waals surface area contributed by atoms with Gasteiger partial charge in [-0.05, 0) is 44.3 Å². The number of nitrogens with zero attached hydrogens (tertiary/aromatic N) is 5. The molecule has 8 heteroatoms. The van der Waals surface area contributed by atoms with E-state index in [1.165, 1.54) is 4.68 Å². The van der Waals surface area contributed by atoms with Crippen LogP contribution in [0.5, 0.6) is 0 Å². The molecule has 3 aromatic rings. The van der Waals surface area contributed by atoms with Crippen LogP contribution in [0.4, 0.5) is 0 Å². The van der Waals surface area contributed by atoms with Gasteiger partial charge in [0.2, 0.25) is 4.77 Å². The highest BCUT2D eigenvalue weighted by Gasteiger charge is 2.11. The standard InChI is InChI=1S/C12H12N6OS/c1-8-6-9(2)17(16-8)11-14-15-12(20)18(11)13-7-10-4-3-5-19-10/h3-7H,1-2H3,(H,15,20)/b13-7-. The van der Waals surface area contributed by atoms with Gasteiger partial charge in [-0.15, -0.1) is 5.10 Å². The molecule has 0 bridgehead atoms. The fourth-order valence-electron chi connectivity index (χ4n) is 1.84. The Morgan fingerprint density at radius 1 is 1.45 bits per heavy atom. The predicted octanol–water partition coefficient (Wildman–Crippen LogP) is 2.22. The number of aromatic amines is 1. The summed E-state index contributed by atoms with van der Waals surface area (Å²) < 4.78 is 8.76. The second-order valence-electron chi connectivity index (χ2n) is 4.24. The van der Waals surface area contributed by atoms with Crippen LogP contribution in [0.2, 0.25) is 0 Å². The molecule has 3 rings (SSSR count). The molecule has 0 unspecified atom stereocenters. The van der Waals surface area contributed by atoms with E-state index in [4.69, 9.17) is 16.6 Å². The van der Waals surface area contributed by atoms with E-state index in [0.29, 0.717) is 16.5 Å². The average molecular weight is 288 g/mol. The highest BCUT2D eigenvalue weighted by atomic mass is 32.1. The quantitative estimate of drug-likeness (QED) is 0.592. The van der Waals surface area contributed by atoms with Crippen LogP contribution in [0.15, 0.2) is 34.0 Å². The number of rotatable bonds is 3. The third-order valence-corrected chi connectivity index (χ3v) is 2.94.